The van der Waals surface area contributed by atoms with Gasteiger partial charge in [0.2, 0.25) is 10.3 Å². The molecule has 0 aliphatic carbocycles. The average molecular weight is 392 g/mol. The Morgan fingerprint density at radius 3 is 2.48 bits per heavy atom. The number of ether oxygens (including phenoxy) is 1. The Hall–Kier alpha value is -2.78. The molecule has 1 aliphatic heterocycles. The highest BCUT2D eigenvalue weighted by molar-refractivity contribution is 7.72. The quantitative estimate of drug-likeness (QED) is 0.344. The zero-order chi connectivity index (χ0) is 19.6. The third-order valence-corrected chi connectivity index (χ3v) is 5.23. The van der Waals surface area contributed by atoms with Gasteiger partial charge in [-0.05, 0) is 18.6 Å². The van der Waals surface area contributed by atoms with Crippen LogP contribution in [0.2, 0.25) is 0 Å². The minimum atomic E-state index is -2.81. The number of aryl methyl sites for hydroxylation is 1. The lowest BCUT2D eigenvalue weighted by molar-refractivity contribution is -0.386. The third kappa shape index (κ3) is 3.99. The van der Waals surface area contributed by atoms with Gasteiger partial charge in [0.15, 0.2) is 10.7 Å². The van der Waals surface area contributed by atoms with Gasteiger partial charge < -0.3 is 4.74 Å². The zero-order valence-electron chi connectivity index (χ0n) is 14.4. The summed E-state index contributed by atoms with van der Waals surface area (Å²) in [6, 6.07) is 12.8. The molecule has 0 aromatic heterocycles. The summed E-state index contributed by atoms with van der Waals surface area (Å²) >= 11 is 0. The fraction of sp³-hybridized carbons (Fsp3) is 0.278. The number of nitrogens with zero attached hydrogens (tertiary/aromatic N) is 2. The smallest absolute Gasteiger partial charge is 0.310 e. The fourth-order valence-electron chi connectivity index (χ4n) is 3.14. The molecule has 0 N–H and O–H groups in total. The van der Waals surface area contributed by atoms with Crippen LogP contribution in [0.4, 0.5) is 10.2 Å². The van der Waals surface area contributed by atoms with Crippen LogP contribution in [0.15, 0.2) is 48.5 Å². The highest BCUT2D eigenvalue weighted by atomic mass is 32.2. The Bertz CT molecular complexity index is 983. The molecular formula is C18H17FN2O5S. The van der Waals surface area contributed by atoms with Crippen LogP contribution in [0.5, 0.6) is 5.75 Å². The van der Waals surface area contributed by atoms with Crippen molar-refractivity contribution in [3.63, 3.8) is 0 Å². The summed E-state index contributed by atoms with van der Waals surface area (Å²) in [6.07, 6.45) is -0.601. The van der Waals surface area contributed by atoms with Crippen LogP contribution in [0, 0.1) is 17.0 Å². The van der Waals surface area contributed by atoms with E-state index in [1.165, 1.54) is 18.2 Å². The Balaban J connectivity index is 2.06. The van der Waals surface area contributed by atoms with E-state index in [1.54, 1.807) is 30.3 Å². The molecule has 2 aromatic rings. The van der Waals surface area contributed by atoms with Gasteiger partial charge in [0, 0.05) is 19.0 Å². The molecule has 27 heavy (non-hydrogen) atoms. The first-order chi connectivity index (χ1) is 12.9. The second kappa shape index (κ2) is 7.85. The van der Waals surface area contributed by atoms with Gasteiger partial charge in [-0.15, -0.1) is 9.60 Å². The van der Waals surface area contributed by atoms with Gasteiger partial charge in [0.05, 0.1) is 10.8 Å². The number of nitro groups is 1. The molecular weight excluding hydrogens is 375 g/mol. The molecule has 1 fully saturated rings. The minimum Gasteiger partial charge on any atom is -0.482 e. The minimum absolute atomic E-state index is 0.0213. The van der Waals surface area contributed by atoms with Gasteiger partial charge in [0.1, 0.15) is 6.10 Å². The molecule has 2 unspecified atom stereocenters. The van der Waals surface area contributed by atoms with Crippen LogP contribution in [0.3, 0.4) is 0 Å². The van der Waals surface area contributed by atoms with Crippen LogP contribution in [-0.2, 0) is 10.3 Å². The summed E-state index contributed by atoms with van der Waals surface area (Å²) in [5.74, 6) is -0.893. The fourth-order valence-corrected chi connectivity index (χ4v) is 3.89. The first-order valence-corrected chi connectivity index (χ1v) is 9.32. The SMILES string of the molecule is Cc1ccc(C2C(=S(=O)=O)N(F)CCC2Oc2ccccc2[N+](=O)[O-])cc1. The number of para-hydroxylation sites is 2. The maximum atomic E-state index is 14.3. The van der Waals surface area contributed by atoms with Crippen molar-refractivity contribution in [2.24, 2.45) is 0 Å². The number of piperidine rings is 1. The molecule has 0 radical (unpaired) electrons. The van der Waals surface area contributed by atoms with E-state index in [4.69, 9.17) is 4.74 Å². The van der Waals surface area contributed by atoms with E-state index >= 15 is 0 Å². The van der Waals surface area contributed by atoms with E-state index in [0.29, 0.717) is 5.56 Å². The summed E-state index contributed by atoms with van der Waals surface area (Å²) < 4.78 is 43.5. The standard InChI is InChI=1S/C18H17FN2O5S/c1-12-6-8-13(9-7-12)17-16(10-11-20(19)18(17)27(24)25)26-15-5-3-2-4-14(15)21(22)23/h2-9,16-17H,10-11H2,1H3. The van der Waals surface area contributed by atoms with E-state index < -0.39 is 32.2 Å². The second-order valence-electron chi connectivity index (χ2n) is 6.22. The summed E-state index contributed by atoms with van der Waals surface area (Å²) in [5, 5.41) is 11.4. The van der Waals surface area contributed by atoms with Crippen molar-refractivity contribution in [1.82, 2.24) is 5.12 Å². The van der Waals surface area contributed by atoms with Gasteiger partial charge in [0.25, 0.3) is 0 Å². The van der Waals surface area contributed by atoms with Gasteiger partial charge in [-0.1, -0.05) is 42.0 Å². The molecule has 1 aliphatic rings. The number of hydrogen-bond donors (Lipinski definition) is 0. The summed E-state index contributed by atoms with van der Waals surface area (Å²) in [6.45, 7) is 1.70. The molecule has 1 heterocycles. The topological polar surface area (TPSA) is 89.8 Å². The van der Waals surface area contributed by atoms with E-state index in [9.17, 15) is 23.0 Å². The third-order valence-electron chi connectivity index (χ3n) is 4.43. The van der Waals surface area contributed by atoms with Crippen LogP contribution in [0.1, 0.15) is 23.5 Å². The Morgan fingerprint density at radius 1 is 1.19 bits per heavy atom. The average Bonchev–Trinajstić information content (AvgIpc) is 2.63. The van der Waals surface area contributed by atoms with E-state index in [0.717, 1.165) is 5.56 Å². The summed E-state index contributed by atoms with van der Waals surface area (Å²) in [5.41, 5.74) is 1.30. The largest absolute Gasteiger partial charge is 0.482 e. The molecule has 142 valence electrons. The zero-order valence-corrected chi connectivity index (χ0v) is 15.2. The van der Waals surface area contributed by atoms with Gasteiger partial charge in [-0.25, -0.2) is 0 Å². The molecule has 0 bridgehead atoms. The number of hydrogen-bond acceptors (Lipinski definition) is 5. The lowest BCUT2D eigenvalue weighted by atomic mass is 9.88. The van der Waals surface area contributed by atoms with E-state index in [1.807, 2.05) is 6.92 Å². The summed E-state index contributed by atoms with van der Waals surface area (Å²) in [4.78, 5) is 10.2. The Labute approximate surface area is 156 Å². The van der Waals surface area contributed by atoms with Crippen LogP contribution >= 0.6 is 0 Å². The van der Waals surface area contributed by atoms with Crippen molar-refractivity contribution in [3.8, 4) is 5.75 Å². The Kier molecular flexibility index (Phi) is 5.52. The molecule has 1 saturated heterocycles. The second-order valence-corrected chi connectivity index (χ2v) is 7.10. The molecule has 2 atom stereocenters. The lowest BCUT2D eigenvalue weighted by Crippen LogP contribution is -2.45. The molecule has 9 heteroatoms. The van der Waals surface area contributed by atoms with Crippen molar-refractivity contribution in [1.29, 1.82) is 0 Å². The predicted octanol–water partition coefficient (Wildman–Crippen LogP) is 3.03. The molecule has 0 spiro atoms. The number of nitro benzene ring substituents is 1. The normalized spacial score (nSPS) is 20.3. The highest BCUT2D eigenvalue weighted by Crippen LogP contribution is 2.35. The maximum Gasteiger partial charge on any atom is 0.310 e. The first-order valence-electron chi connectivity index (χ1n) is 8.24. The van der Waals surface area contributed by atoms with Crippen molar-refractivity contribution >= 4 is 21.0 Å². The van der Waals surface area contributed by atoms with Crippen molar-refractivity contribution < 1.29 is 22.6 Å². The molecule has 0 saturated carbocycles. The van der Waals surface area contributed by atoms with Gasteiger partial charge >= 0.3 is 5.69 Å². The predicted molar refractivity (Wildman–Crippen MR) is 97.8 cm³/mol. The van der Waals surface area contributed by atoms with Crippen molar-refractivity contribution in [2.75, 3.05) is 6.54 Å². The molecule has 0 amide bonds. The first kappa shape index (κ1) is 19.0. The van der Waals surface area contributed by atoms with Gasteiger partial charge in [-0.3, -0.25) is 10.1 Å². The van der Waals surface area contributed by atoms with E-state index in [2.05, 4.69) is 0 Å². The highest BCUT2D eigenvalue weighted by Gasteiger charge is 2.40. The number of benzene rings is 2. The number of halogens is 1. The Morgan fingerprint density at radius 2 is 1.85 bits per heavy atom. The summed E-state index contributed by atoms with van der Waals surface area (Å²) in [7, 11) is -2.81. The number of rotatable bonds is 4. The van der Waals surface area contributed by atoms with Crippen molar-refractivity contribution in [3.05, 3.63) is 69.8 Å². The maximum absolute atomic E-state index is 14.3. The molecule has 7 nitrogen and oxygen atoms in total. The lowest BCUT2D eigenvalue weighted by Gasteiger charge is -2.34. The van der Waals surface area contributed by atoms with E-state index in [-0.39, 0.29) is 29.5 Å². The van der Waals surface area contributed by atoms with Crippen LogP contribution in [-0.4, -0.2) is 36.1 Å². The monoisotopic (exact) mass is 392 g/mol. The van der Waals surface area contributed by atoms with Crippen LogP contribution < -0.4 is 4.74 Å². The molecule has 2 aromatic carbocycles. The van der Waals surface area contributed by atoms with Crippen molar-refractivity contribution in [2.45, 2.75) is 25.4 Å². The van der Waals surface area contributed by atoms with Gasteiger partial charge in [-0.2, -0.15) is 8.42 Å². The van der Waals surface area contributed by atoms with Crippen LogP contribution in [0.25, 0.3) is 0 Å². The molecule has 3 rings (SSSR count).